The van der Waals surface area contributed by atoms with Crippen LogP contribution in [0.3, 0.4) is 0 Å². The summed E-state index contributed by atoms with van der Waals surface area (Å²) >= 11 is 1.29. The van der Waals surface area contributed by atoms with Crippen LogP contribution in [-0.2, 0) is 10.2 Å². The molecule has 1 amide bonds. The molecule has 0 aliphatic heterocycles. The monoisotopic (exact) mass is 340 g/mol. The quantitative estimate of drug-likeness (QED) is 0.689. The number of para-hydroxylation sites is 2. The molecule has 1 heterocycles. The average molecular weight is 340 g/mol. The number of thioether (sulfide) groups is 1. The van der Waals surface area contributed by atoms with E-state index < -0.39 is 0 Å². The first-order valence-electron chi connectivity index (χ1n) is 7.80. The smallest absolute Gasteiger partial charge is 0.257 e. The summed E-state index contributed by atoms with van der Waals surface area (Å²) in [5.74, 6) is 0.180. The predicted octanol–water partition coefficient (Wildman–Crippen LogP) is 4.86. The maximum atomic E-state index is 12.1. The Morgan fingerprint density at radius 1 is 1.12 bits per heavy atom. The van der Waals surface area contributed by atoms with E-state index in [1.807, 2.05) is 48.5 Å². The molecule has 0 saturated carbocycles. The third kappa shape index (κ3) is 3.97. The minimum Gasteiger partial charge on any atom is -0.431 e. The highest BCUT2D eigenvalue weighted by Gasteiger charge is 2.13. The lowest BCUT2D eigenvalue weighted by Gasteiger charge is -2.19. The van der Waals surface area contributed by atoms with E-state index in [4.69, 9.17) is 4.42 Å². The van der Waals surface area contributed by atoms with Crippen LogP contribution in [-0.4, -0.2) is 16.6 Å². The van der Waals surface area contributed by atoms with Crippen molar-refractivity contribution in [2.45, 2.75) is 31.4 Å². The van der Waals surface area contributed by atoms with Crippen LogP contribution in [0.4, 0.5) is 5.69 Å². The first-order chi connectivity index (χ1) is 11.4. The van der Waals surface area contributed by atoms with E-state index in [0.717, 1.165) is 16.8 Å². The highest BCUT2D eigenvalue weighted by Crippen LogP contribution is 2.25. The number of amides is 1. The second-order valence-electron chi connectivity index (χ2n) is 6.61. The number of oxazole rings is 1. The van der Waals surface area contributed by atoms with Gasteiger partial charge < -0.3 is 9.73 Å². The Hall–Kier alpha value is -2.27. The summed E-state index contributed by atoms with van der Waals surface area (Å²) in [4.78, 5) is 16.4. The fourth-order valence-corrected chi connectivity index (χ4v) is 2.93. The Morgan fingerprint density at radius 2 is 1.83 bits per heavy atom. The molecule has 3 aromatic rings. The maximum absolute atomic E-state index is 12.1. The Bertz CT molecular complexity index is 815. The Balaban J connectivity index is 1.57. The summed E-state index contributed by atoms with van der Waals surface area (Å²) in [6, 6.07) is 15.5. The number of carbonyl (C=O) groups excluding carboxylic acids is 1. The van der Waals surface area contributed by atoms with Gasteiger partial charge in [0.1, 0.15) is 5.52 Å². The van der Waals surface area contributed by atoms with Crippen molar-refractivity contribution < 1.29 is 9.21 Å². The third-order valence-corrected chi connectivity index (χ3v) is 4.46. The lowest BCUT2D eigenvalue weighted by atomic mass is 9.87. The molecule has 124 valence electrons. The molecular formula is C19H20N2O2S. The van der Waals surface area contributed by atoms with Crippen LogP contribution < -0.4 is 5.32 Å². The minimum absolute atomic E-state index is 0.0780. The number of carbonyl (C=O) groups is 1. The number of anilines is 1. The number of hydrogen-bond acceptors (Lipinski definition) is 4. The predicted molar refractivity (Wildman–Crippen MR) is 98.5 cm³/mol. The molecule has 0 saturated heterocycles. The fraction of sp³-hybridized carbons (Fsp3) is 0.263. The summed E-state index contributed by atoms with van der Waals surface area (Å²) in [6.45, 7) is 6.49. The van der Waals surface area contributed by atoms with Crippen molar-refractivity contribution in [2.24, 2.45) is 0 Å². The van der Waals surface area contributed by atoms with Gasteiger partial charge in [0.15, 0.2) is 5.58 Å². The molecule has 0 unspecified atom stereocenters. The van der Waals surface area contributed by atoms with Crippen LogP contribution in [0.2, 0.25) is 0 Å². The number of nitrogens with zero attached hydrogens (tertiary/aromatic N) is 1. The molecule has 3 rings (SSSR count). The van der Waals surface area contributed by atoms with Crippen molar-refractivity contribution in [1.29, 1.82) is 0 Å². The second kappa shape index (κ2) is 6.69. The fourth-order valence-electron chi connectivity index (χ4n) is 2.29. The first-order valence-corrected chi connectivity index (χ1v) is 8.79. The van der Waals surface area contributed by atoms with Crippen molar-refractivity contribution in [2.75, 3.05) is 11.1 Å². The van der Waals surface area contributed by atoms with Crippen LogP contribution in [0.15, 0.2) is 58.2 Å². The van der Waals surface area contributed by atoms with Crippen LogP contribution in [0.25, 0.3) is 11.1 Å². The molecule has 0 bridgehead atoms. The molecule has 0 spiro atoms. The second-order valence-corrected chi connectivity index (χ2v) is 7.54. The molecule has 0 fully saturated rings. The van der Waals surface area contributed by atoms with Gasteiger partial charge >= 0.3 is 0 Å². The van der Waals surface area contributed by atoms with Crippen molar-refractivity contribution >= 4 is 34.5 Å². The van der Waals surface area contributed by atoms with Gasteiger partial charge in [-0.3, -0.25) is 4.79 Å². The molecule has 0 aliphatic carbocycles. The van der Waals surface area contributed by atoms with Gasteiger partial charge in [0.2, 0.25) is 5.91 Å². The number of aromatic nitrogens is 1. The average Bonchev–Trinajstić information content (AvgIpc) is 2.95. The molecule has 5 heteroatoms. The van der Waals surface area contributed by atoms with E-state index >= 15 is 0 Å². The van der Waals surface area contributed by atoms with E-state index in [1.165, 1.54) is 17.3 Å². The lowest BCUT2D eigenvalue weighted by Crippen LogP contribution is -2.15. The molecule has 2 aromatic carbocycles. The van der Waals surface area contributed by atoms with Crippen molar-refractivity contribution in [3.05, 3.63) is 54.1 Å². The minimum atomic E-state index is -0.0780. The maximum Gasteiger partial charge on any atom is 0.257 e. The highest BCUT2D eigenvalue weighted by atomic mass is 32.2. The van der Waals surface area contributed by atoms with Gasteiger partial charge in [0.05, 0.1) is 5.75 Å². The molecule has 4 nitrogen and oxygen atoms in total. The topological polar surface area (TPSA) is 55.1 Å². The van der Waals surface area contributed by atoms with Crippen LogP contribution in [0.1, 0.15) is 26.3 Å². The van der Waals surface area contributed by atoms with E-state index in [1.54, 1.807) is 0 Å². The van der Waals surface area contributed by atoms with E-state index in [0.29, 0.717) is 5.22 Å². The van der Waals surface area contributed by atoms with Gasteiger partial charge in [0, 0.05) is 5.69 Å². The van der Waals surface area contributed by atoms with Gasteiger partial charge in [-0.05, 0) is 35.2 Å². The van der Waals surface area contributed by atoms with Gasteiger partial charge in [-0.15, -0.1) is 0 Å². The largest absolute Gasteiger partial charge is 0.431 e. The van der Waals surface area contributed by atoms with Gasteiger partial charge in [-0.1, -0.05) is 56.8 Å². The molecule has 1 aromatic heterocycles. The van der Waals surface area contributed by atoms with Gasteiger partial charge in [-0.2, -0.15) is 0 Å². The Kier molecular flexibility index (Phi) is 4.62. The molecule has 1 N–H and O–H groups in total. The normalized spacial score (nSPS) is 11.6. The highest BCUT2D eigenvalue weighted by molar-refractivity contribution is 7.99. The van der Waals surface area contributed by atoms with Crippen LogP contribution >= 0.6 is 11.8 Å². The summed E-state index contributed by atoms with van der Waals surface area (Å²) in [5, 5.41) is 3.40. The van der Waals surface area contributed by atoms with Crippen LogP contribution in [0, 0.1) is 0 Å². The SMILES string of the molecule is CC(C)(C)c1ccc(NC(=O)CSc2nc3ccccc3o2)cc1. The third-order valence-electron chi connectivity index (χ3n) is 3.64. The van der Waals surface area contributed by atoms with Gasteiger partial charge in [0.25, 0.3) is 5.22 Å². The van der Waals surface area contributed by atoms with Crippen molar-refractivity contribution in [3.8, 4) is 0 Å². The number of rotatable bonds is 4. The lowest BCUT2D eigenvalue weighted by molar-refractivity contribution is -0.113. The summed E-state index contributed by atoms with van der Waals surface area (Å²) in [6.07, 6.45) is 0. The first kappa shape index (κ1) is 16.6. The number of nitrogens with one attached hydrogen (secondary N) is 1. The molecule has 0 radical (unpaired) electrons. The number of benzene rings is 2. The summed E-state index contributed by atoms with van der Waals surface area (Å²) in [7, 11) is 0. The number of hydrogen-bond donors (Lipinski definition) is 1. The standard InChI is InChI=1S/C19H20N2O2S/c1-19(2,3)13-8-10-14(11-9-13)20-17(22)12-24-18-21-15-6-4-5-7-16(15)23-18/h4-11H,12H2,1-3H3,(H,20,22). The Morgan fingerprint density at radius 3 is 2.50 bits per heavy atom. The van der Waals surface area contributed by atoms with Crippen molar-refractivity contribution in [3.63, 3.8) is 0 Å². The van der Waals surface area contributed by atoms with Gasteiger partial charge in [-0.25, -0.2) is 4.98 Å². The molecule has 0 atom stereocenters. The molecule has 24 heavy (non-hydrogen) atoms. The molecule has 0 aliphatic rings. The summed E-state index contributed by atoms with van der Waals surface area (Å²) < 4.78 is 5.59. The molecular weight excluding hydrogens is 320 g/mol. The van der Waals surface area contributed by atoms with Crippen LogP contribution in [0.5, 0.6) is 0 Å². The Labute approximate surface area is 145 Å². The zero-order valence-corrected chi connectivity index (χ0v) is 14.8. The van der Waals surface area contributed by atoms with Crippen molar-refractivity contribution in [1.82, 2.24) is 4.98 Å². The summed E-state index contributed by atoms with van der Waals surface area (Å²) in [5.41, 5.74) is 3.68. The van der Waals surface area contributed by atoms with E-state index in [-0.39, 0.29) is 17.1 Å². The zero-order valence-electron chi connectivity index (χ0n) is 14.0. The van der Waals surface area contributed by atoms with E-state index in [2.05, 4.69) is 31.1 Å². The van der Waals surface area contributed by atoms with E-state index in [9.17, 15) is 4.79 Å². The zero-order chi connectivity index (χ0) is 17.2. The number of fused-ring (bicyclic) bond motifs is 1.